The highest BCUT2D eigenvalue weighted by molar-refractivity contribution is 5.72. The number of carboxylic acids is 1. The zero-order valence-electron chi connectivity index (χ0n) is 9.56. The molecule has 0 amide bonds. The van der Waals surface area contributed by atoms with Gasteiger partial charge in [-0.15, -0.1) is 0 Å². The first kappa shape index (κ1) is 11.0. The first-order valence-electron chi connectivity index (χ1n) is 5.58. The maximum Gasteiger partial charge on any atom is 0.307 e. The lowest BCUT2D eigenvalue weighted by Gasteiger charge is -2.13. The molecular weight excluding hydrogens is 204 g/mol. The van der Waals surface area contributed by atoms with Crippen LogP contribution in [0, 0.1) is 5.92 Å². The standard InChI is InChI=1S/C13H16O3/c1-8(2)16-12-5-3-4-9-6-10(13(14)15)7-11(9)12/h3-5,8,10H,6-7H2,1-2H3,(H,14,15). The summed E-state index contributed by atoms with van der Waals surface area (Å²) in [5.74, 6) is -0.158. The molecule has 3 nitrogen and oxygen atoms in total. The predicted octanol–water partition coefficient (Wildman–Crippen LogP) is 2.27. The second-order valence-electron chi connectivity index (χ2n) is 4.50. The number of hydrogen-bond acceptors (Lipinski definition) is 2. The topological polar surface area (TPSA) is 46.5 Å². The number of ether oxygens (including phenoxy) is 1. The molecule has 1 unspecified atom stereocenters. The van der Waals surface area contributed by atoms with Gasteiger partial charge < -0.3 is 9.84 Å². The first-order valence-corrected chi connectivity index (χ1v) is 5.58. The van der Waals surface area contributed by atoms with Crippen LogP contribution >= 0.6 is 0 Å². The molecule has 2 rings (SSSR count). The van der Waals surface area contributed by atoms with Crippen molar-refractivity contribution in [2.45, 2.75) is 32.8 Å². The Balaban J connectivity index is 2.27. The predicted molar refractivity (Wildman–Crippen MR) is 60.7 cm³/mol. The number of carbonyl (C=O) groups is 1. The molecule has 1 atom stereocenters. The van der Waals surface area contributed by atoms with E-state index in [0.29, 0.717) is 12.8 Å². The Hall–Kier alpha value is -1.51. The quantitative estimate of drug-likeness (QED) is 0.850. The zero-order valence-corrected chi connectivity index (χ0v) is 9.56. The normalized spacial score (nSPS) is 18.6. The van der Waals surface area contributed by atoms with Gasteiger partial charge in [-0.25, -0.2) is 0 Å². The summed E-state index contributed by atoms with van der Waals surface area (Å²) in [6, 6.07) is 5.84. The number of benzene rings is 1. The lowest BCUT2D eigenvalue weighted by atomic mass is 10.1. The van der Waals surface area contributed by atoms with Crippen LogP contribution in [0.3, 0.4) is 0 Å². The Kier molecular flexibility index (Phi) is 2.86. The van der Waals surface area contributed by atoms with Crippen LogP contribution in [0.4, 0.5) is 0 Å². The summed E-state index contributed by atoms with van der Waals surface area (Å²) in [7, 11) is 0. The van der Waals surface area contributed by atoms with Gasteiger partial charge in [-0.3, -0.25) is 4.79 Å². The van der Waals surface area contributed by atoms with Gasteiger partial charge in [0.15, 0.2) is 0 Å². The van der Waals surface area contributed by atoms with Crippen LogP contribution < -0.4 is 4.74 Å². The molecule has 1 aromatic rings. The lowest BCUT2D eigenvalue weighted by molar-refractivity contribution is -0.141. The number of aliphatic carboxylic acids is 1. The third-order valence-electron chi connectivity index (χ3n) is 2.86. The zero-order chi connectivity index (χ0) is 11.7. The van der Waals surface area contributed by atoms with Crippen molar-refractivity contribution in [1.29, 1.82) is 0 Å². The van der Waals surface area contributed by atoms with Crippen LogP contribution in [0.2, 0.25) is 0 Å². The second-order valence-corrected chi connectivity index (χ2v) is 4.50. The third-order valence-corrected chi connectivity index (χ3v) is 2.86. The minimum absolute atomic E-state index is 0.121. The summed E-state index contributed by atoms with van der Waals surface area (Å²) < 4.78 is 5.69. The van der Waals surface area contributed by atoms with Gasteiger partial charge in [0.2, 0.25) is 0 Å². The van der Waals surface area contributed by atoms with Crippen molar-refractivity contribution in [3.05, 3.63) is 29.3 Å². The van der Waals surface area contributed by atoms with Crippen molar-refractivity contribution < 1.29 is 14.6 Å². The summed E-state index contributed by atoms with van der Waals surface area (Å²) in [5.41, 5.74) is 2.19. The summed E-state index contributed by atoms with van der Waals surface area (Å²) in [4.78, 5) is 11.0. The van der Waals surface area contributed by atoms with Gasteiger partial charge in [0, 0.05) is 0 Å². The van der Waals surface area contributed by atoms with E-state index in [9.17, 15) is 4.79 Å². The molecule has 86 valence electrons. The van der Waals surface area contributed by atoms with Crippen LogP contribution in [0.1, 0.15) is 25.0 Å². The molecule has 0 aliphatic heterocycles. The number of fused-ring (bicyclic) bond motifs is 1. The van der Waals surface area contributed by atoms with Crippen molar-refractivity contribution in [2.24, 2.45) is 5.92 Å². The number of rotatable bonds is 3. The van der Waals surface area contributed by atoms with E-state index in [1.807, 2.05) is 32.0 Å². The number of hydrogen-bond donors (Lipinski definition) is 1. The van der Waals surface area contributed by atoms with Crippen molar-refractivity contribution in [3.63, 3.8) is 0 Å². The number of carboxylic acid groups (broad SMARTS) is 1. The van der Waals surface area contributed by atoms with E-state index < -0.39 is 5.97 Å². The Morgan fingerprint density at radius 3 is 2.81 bits per heavy atom. The van der Waals surface area contributed by atoms with Gasteiger partial charge in [0.1, 0.15) is 5.75 Å². The third kappa shape index (κ3) is 2.03. The molecule has 1 aliphatic rings. The van der Waals surface area contributed by atoms with Gasteiger partial charge in [-0.05, 0) is 43.9 Å². The molecule has 0 fully saturated rings. The molecule has 1 N–H and O–H groups in total. The Morgan fingerprint density at radius 1 is 1.44 bits per heavy atom. The Bertz CT molecular complexity index is 410. The van der Waals surface area contributed by atoms with E-state index in [1.54, 1.807) is 0 Å². The fraction of sp³-hybridized carbons (Fsp3) is 0.462. The van der Waals surface area contributed by atoms with E-state index >= 15 is 0 Å². The van der Waals surface area contributed by atoms with Crippen LogP contribution in [0.25, 0.3) is 0 Å². The van der Waals surface area contributed by atoms with Crippen LogP contribution in [0.15, 0.2) is 18.2 Å². The van der Waals surface area contributed by atoms with E-state index in [2.05, 4.69) is 0 Å². The van der Waals surface area contributed by atoms with E-state index in [0.717, 1.165) is 16.9 Å². The summed E-state index contributed by atoms with van der Waals surface area (Å²) in [5, 5.41) is 9.02. The summed E-state index contributed by atoms with van der Waals surface area (Å²) >= 11 is 0. The van der Waals surface area contributed by atoms with Crippen molar-refractivity contribution in [2.75, 3.05) is 0 Å². The monoisotopic (exact) mass is 220 g/mol. The molecular formula is C13H16O3. The molecule has 0 heterocycles. The molecule has 0 bridgehead atoms. The molecule has 0 aromatic heterocycles. The maximum atomic E-state index is 11.0. The van der Waals surface area contributed by atoms with Crippen LogP contribution in [-0.2, 0) is 17.6 Å². The fourth-order valence-corrected chi connectivity index (χ4v) is 2.16. The highest BCUT2D eigenvalue weighted by Gasteiger charge is 2.29. The van der Waals surface area contributed by atoms with E-state index in [4.69, 9.17) is 9.84 Å². The molecule has 0 saturated carbocycles. The second kappa shape index (κ2) is 4.16. The maximum absolute atomic E-state index is 11.0. The SMILES string of the molecule is CC(C)Oc1cccc2c1CC(C(=O)O)C2. The molecule has 3 heteroatoms. The molecule has 0 spiro atoms. The van der Waals surface area contributed by atoms with Crippen LogP contribution in [-0.4, -0.2) is 17.2 Å². The van der Waals surface area contributed by atoms with Crippen LogP contribution in [0.5, 0.6) is 5.75 Å². The van der Waals surface area contributed by atoms with E-state index in [-0.39, 0.29) is 12.0 Å². The minimum atomic E-state index is -0.716. The van der Waals surface area contributed by atoms with Crippen molar-refractivity contribution in [3.8, 4) is 5.75 Å². The average molecular weight is 220 g/mol. The minimum Gasteiger partial charge on any atom is -0.491 e. The Labute approximate surface area is 95.0 Å². The van der Waals surface area contributed by atoms with Gasteiger partial charge >= 0.3 is 5.97 Å². The molecule has 0 radical (unpaired) electrons. The smallest absolute Gasteiger partial charge is 0.307 e. The molecule has 0 saturated heterocycles. The molecule has 1 aliphatic carbocycles. The fourth-order valence-electron chi connectivity index (χ4n) is 2.16. The van der Waals surface area contributed by atoms with Crippen molar-refractivity contribution in [1.82, 2.24) is 0 Å². The Morgan fingerprint density at radius 2 is 2.19 bits per heavy atom. The first-order chi connectivity index (χ1) is 7.58. The van der Waals surface area contributed by atoms with Crippen molar-refractivity contribution >= 4 is 5.97 Å². The molecule has 16 heavy (non-hydrogen) atoms. The molecule has 1 aromatic carbocycles. The van der Waals surface area contributed by atoms with Gasteiger partial charge in [-0.2, -0.15) is 0 Å². The summed E-state index contributed by atoms with van der Waals surface area (Å²) in [6.45, 7) is 3.95. The van der Waals surface area contributed by atoms with Gasteiger partial charge in [0.25, 0.3) is 0 Å². The highest BCUT2D eigenvalue weighted by atomic mass is 16.5. The highest BCUT2D eigenvalue weighted by Crippen LogP contribution is 2.34. The summed E-state index contributed by atoms with van der Waals surface area (Å²) in [6.07, 6.45) is 1.34. The lowest BCUT2D eigenvalue weighted by Crippen LogP contribution is -2.13. The largest absolute Gasteiger partial charge is 0.491 e. The van der Waals surface area contributed by atoms with Gasteiger partial charge in [-0.1, -0.05) is 12.1 Å². The average Bonchev–Trinajstić information content (AvgIpc) is 2.61. The van der Waals surface area contributed by atoms with E-state index in [1.165, 1.54) is 0 Å². The van der Waals surface area contributed by atoms with Gasteiger partial charge in [0.05, 0.1) is 12.0 Å².